The molecule has 0 saturated carbocycles. The molecular weight excluding hydrogens is 388 g/mol. The number of amides is 3. The predicted octanol–water partition coefficient (Wildman–Crippen LogP) is 5.28. The predicted molar refractivity (Wildman–Crippen MR) is 105 cm³/mol. The van der Waals surface area contributed by atoms with Crippen LogP contribution in [0.3, 0.4) is 0 Å². The van der Waals surface area contributed by atoms with Gasteiger partial charge in [0, 0.05) is 24.5 Å². The molecule has 28 heavy (non-hydrogen) atoms. The highest BCUT2D eigenvalue weighted by molar-refractivity contribution is 6.34. The van der Waals surface area contributed by atoms with E-state index in [-0.39, 0.29) is 16.6 Å². The third-order valence-electron chi connectivity index (χ3n) is 4.54. The van der Waals surface area contributed by atoms with Gasteiger partial charge in [-0.2, -0.15) is 0 Å². The Morgan fingerprint density at radius 2 is 1.39 bits per heavy atom. The first kappa shape index (κ1) is 20.1. The summed E-state index contributed by atoms with van der Waals surface area (Å²) in [7, 11) is 0. The van der Waals surface area contributed by atoms with Crippen molar-refractivity contribution in [3.05, 3.63) is 58.6 Å². The van der Waals surface area contributed by atoms with Crippen molar-refractivity contribution in [2.75, 3.05) is 23.7 Å². The van der Waals surface area contributed by atoms with Crippen molar-refractivity contribution < 1.29 is 18.4 Å². The van der Waals surface area contributed by atoms with Crippen molar-refractivity contribution in [1.29, 1.82) is 0 Å². The van der Waals surface area contributed by atoms with Gasteiger partial charge in [-0.05, 0) is 49.2 Å². The fraction of sp³-hybridized carbons (Fsp3) is 0.300. The van der Waals surface area contributed by atoms with Crippen molar-refractivity contribution in [2.24, 2.45) is 0 Å². The molecule has 1 aliphatic heterocycles. The van der Waals surface area contributed by atoms with Crippen molar-refractivity contribution in [1.82, 2.24) is 4.90 Å². The van der Waals surface area contributed by atoms with Crippen molar-refractivity contribution in [2.45, 2.75) is 25.7 Å². The molecule has 3 rings (SSSR count). The van der Waals surface area contributed by atoms with Gasteiger partial charge in [0.25, 0.3) is 5.91 Å². The number of likely N-dealkylation sites (tertiary alicyclic amines) is 1. The number of nitrogens with zero attached hydrogens (tertiary/aromatic N) is 1. The summed E-state index contributed by atoms with van der Waals surface area (Å²) < 4.78 is 26.5. The van der Waals surface area contributed by atoms with E-state index in [2.05, 4.69) is 10.6 Å². The van der Waals surface area contributed by atoms with E-state index >= 15 is 0 Å². The lowest BCUT2D eigenvalue weighted by atomic mass is 10.2. The lowest BCUT2D eigenvalue weighted by Gasteiger charge is -2.20. The zero-order valence-corrected chi connectivity index (χ0v) is 15.9. The number of halogens is 3. The molecule has 0 atom stereocenters. The van der Waals surface area contributed by atoms with Crippen LogP contribution in [0.1, 0.15) is 36.0 Å². The highest BCUT2D eigenvalue weighted by Crippen LogP contribution is 2.22. The zero-order valence-electron chi connectivity index (χ0n) is 15.1. The van der Waals surface area contributed by atoms with Gasteiger partial charge in [0.1, 0.15) is 0 Å². The van der Waals surface area contributed by atoms with Gasteiger partial charge in [-0.3, -0.25) is 4.79 Å². The Balaban J connectivity index is 1.62. The Hall–Kier alpha value is -2.67. The summed E-state index contributed by atoms with van der Waals surface area (Å²) in [6.07, 6.45) is 4.29. The van der Waals surface area contributed by atoms with Gasteiger partial charge in [-0.1, -0.05) is 24.4 Å². The van der Waals surface area contributed by atoms with Crippen molar-refractivity contribution in [3.8, 4) is 0 Å². The SMILES string of the molecule is O=C(Nc1ccc(NC(=O)N2CCCCCC2)cc1)c1cc(F)c(F)cc1Cl. The van der Waals surface area contributed by atoms with Crippen molar-refractivity contribution >= 4 is 34.9 Å². The summed E-state index contributed by atoms with van der Waals surface area (Å²) in [6, 6.07) is 7.87. The molecule has 0 bridgehead atoms. The molecule has 0 spiro atoms. The second kappa shape index (κ2) is 9.01. The summed E-state index contributed by atoms with van der Waals surface area (Å²) in [5.41, 5.74) is 0.857. The van der Waals surface area contributed by atoms with E-state index in [4.69, 9.17) is 11.6 Å². The molecule has 2 aromatic rings. The zero-order chi connectivity index (χ0) is 20.1. The molecule has 148 valence electrons. The Kier molecular flexibility index (Phi) is 6.46. The normalized spacial score (nSPS) is 14.3. The lowest BCUT2D eigenvalue weighted by molar-refractivity contribution is 0.102. The number of rotatable bonds is 3. The van der Waals surface area contributed by atoms with Gasteiger partial charge in [0.2, 0.25) is 0 Å². The van der Waals surface area contributed by atoms with Gasteiger partial charge in [0.15, 0.2) is 11.6 Å². The minimum Gasteiger partial charge on any atom is -0.325 e. The number of anilines is 2. The first-order chi connectivity index (χ1) is 13.4. The monoisotopic (exact) mass is 407 g/mol. The fourth-order valence-electron chi connectivity index (χ4n) is 3.01. The standard InChI is InChI=1S/C20H20ClF2N3O2/c21-16-12-18(23)17(22)11-15(16)19(27)24-13-5-7-14(8-6-13)25-20(28)26-9-3-1-2-4-10-26/h5-8,11-12H,1-4,9-10H2,(H,24,27)(H,25,28). The molecule has 8 heteroatoms. The molecule has 1 saturated heterocycles. The summed E-state index contributed by atoms with van der Waals surface area (Å²) in [4.78, 5) is 26.4. The molecule has 2 N–H and O–H groups in total. The van der Waals surface area contributed by atoms with E-state index in [1.165, 1.54) is 0 Å². The third-order valence-corrected chi connectivity index (χ3v) is 4.85. The van der Waals surface area contributed by atoms with Crippen LogP contribution in [0.4, 0.5) is 25.0 Å². The van der Waals surface area contributed by atoms with Crippen molar-refractivity contribution in [3.63, 3.8) is 0 Å². The largest absolute Gasteiger partial charge is 0.325 e. The van der Waals surface area contributed by atoms with E-state index in [1.54, 1.807) is 29.2 Å². The highest BCUT2D eigenvalue weighted by atomic mass is 35.5. The smallest absolute Gasteiger partial charge is 0.321 e. The molecule has 1 heterocycles. The number of carbonyl (C=O) groups excluding carboxylic acids is 2. The number of urea groups is 1. The van der Waals surface area contributed by atoms with Crippen LogP contribution in [0.15, 0.2) is 36.4 Å². The number of benzene rings is 2. The molecule has 0 aromatic heterocycles. The first-order valence-corrected chi connectivity index (χ1v) is 9.44. The molecule has 2 aromatic carbocycles. The molecule has 0 radical (unpaired) electrons. The van der Waals surface area contributed by atoms with Gasteiger partial charge < -0.3 is 15.5 Å². The lowest BCUT2D eigenvalue weighted by Crippen LogP contribution is -2.35. The Morgan fingerprint density at radius 3 is 2.00 bits per heavy atom. The molecule has 5 nitrogen and oxygen atoms in total. The Labute approximate surface area is 166 Å². The summed E-state index contributed by atoms with van der Waals surface area (Å²) >= 11 is 5.81. The summed E-state index contributed by atoms with van der Waals surface area (Å²) in [6.45, 7) is 1.49. The van der Waals surface area contributed by atoms with E-state index in [0.717, 1.165) is 50.9 Å². The first-order valence-electron chi connectivity index (χ1n) is 9.06. The van der Waals surface area contributed by atoms with Crippen LogP contribution in [0.2, 0.25) is 5.02 Å². The van der Waals surface area contributed by atoms with E-state index in [9.17, 15) is 18.4 Å². The maximum Gasteiger partial charge on any atom is 0.321 e. The number of hydrogen-bond acceptors (Lipinski definition) is 2. The number of nitrogens with one attached hydrogen (secondary N) is 2. The molecule has 1 fully saturated rings. The van der Waals surface area contributed by atoms with Gasteiger partial charge in [-0.25, -0.2) is 13.6 Å². The number of hydrogen-bond donors (Lipinski definition) is 2. The average Bonchev–Trinajstić information content (AvgIpc) is 2.96. The Morgan fingerprint density at radius 1 is 0.857 bits per heavy atom. The van der Waals surface area contributed by atoms with E-state index < -0.39 is 17.5 Å². The van der Waals surface area contributed by atoms with Crippen LogP contribution in [0.5, 0.6) is 0 Å². The van der Waals surface area contributed by atoms with Crippen LogP contribution in [0, 0.1) is 11.6 Å². The quantitative estimate of drug-likeness (QED) is 0.680. The third kappa shape index (κ3) is 4.98. The summed E-state index contributed by atoms with van der Waals surface area (Å²) in [5.74, 6) is -2.93. The average molecular weight is 408 g/mol. The molecule has 0 aliphatic carbocycles. The fourth-order valence-corrected chi connectivity index (χ4v) is 3.24. The van der Waals surface area contributed by atoms with Gasteiger partial charge >= 0.3 is 6.03 Å². The van der Waals surface area contributed by atoms with E-state index in [0.29, 0.717) is 11.4 Å². The maximum atomic E-state index is 13.4. The van der Waals surface area contributed by atoms with Gasteiger partial charge in [0.05, 0.1) is 10.6 Å². The Bertz CT molecular complexity index is 866. The van der Waals surface area contributed by atoms with Crippen LogP contribution in [-0.4, -0.2) is 29.9 Å². The van der Waals surface area contributed by atoms with Crippen LogP contribution >= 0.6 is 11.6 Å². The summed E-state index contributed by atoms with van der Waals surface area (Å²) in [5, 5.41) is 5.22. The second-order valence-corrected chi connectivity index (χ2v) is 7.02. The molecule has 3 amide bonds. The van der Waals surface area contributed by atoms with E-state index in [1.807, 2.05) is 0 Å². The number of carbonyl (C=O) groups is 2. The molecular formula is C20H20ClF2N3O2. The minimum atomic E-state index is -1.15. The molecule has 1 aliphatic rings. The minimum absolute atomic E-state index is 0.146. The topological polar surface area (TPSA) is 61.4 Å². The van der Waals surface area contributed by atoms with Crippen LogP contribution in [-0.2, 0) is 0 Å². The van der Waals surface area contributed by atoms with Crippen LogP contribution in [0.25, 0.3) is 0 Å². The second-order valence-electron chi connectivity index (χ2n) is 6.61. The van der Waals surface area contributed by atoms with Crippen LogP contribution < -0.4 is 10.6 Å². The van der Waals surface area contributed by atoms with Gasteiger partial charge in [-0.15, -0.1) is 0 Å². The molecule has 0 unspecified atom stereocenters. The maximum absolute atomic E-state index is 13.4. The highest BCUT2D eigenvalue weighted by Gasteiger charge is 2.17.